The largest absolute Gasteiger partial charge is 0.486 e. The van der Waals surface area contributed by atoms with Gasteiger partial charge in [0, 0.05) is 13.1 Å². The maximum atomic E-state index is 12.9. The number of ether oxygens (including phenoxy) is 2. The molecule has 6 nitrogen and oxygen atoms in total. The average Bonchev–Trinajstić information content (AvgIpc) is 3.11. The van der Waals surface area contributed by atoms with E-state index in [1.807, 2.05) is 0 Å². The molecule has 1 aromatic rings. The van der Waals surface area contributed by atoms with Crippen molar-refractivity contribution in [2.45, 2.75) is 31.8 Å². The Bertz CT molecular complexity index is 703. The maximum Gasteiger partial charge on any atom is 0.227 e. The minimum Gasteiger partial charge on any atom is -0.486 e. The van der Waals surface area contributed by atoms with Crippen molar-refractivity contribution in [1.82, 2.24) is 10.6 Å². The Hall–Kier alpha value is -1.21. The van der Waals surface area contributed by atoms with Gasteiger partial charge in [0.2, 0.25) is 5.91 Å². The second kappa shape index (κ2) is 8.43. The maximum absolute atomic E-state index is 12.9. The normalized spacial score (nSPS) is 27.3. The number of nitrogens with one attached hydrogen (secondary N) is 2. The number of carbonyl (C=O) groups is 1. The molecule has 0 bridgehead atoms. The van der Waals surface area contributed by atoms with Crippen molar-refractivity contribution in [2.75, 3.05) is 32.8 Å². The number of carbonyl (C=O) groups excluding carboxylic acids is 1. The molecule has 2 heterocycles. The monoisotopic (exact) mass is 416 g/mol. The van der Waals surface area contributed by atoms with Gasteiger partial charge in [-0.1, -0.05) is 24.4 Å². The summed E-state index contributed by atoms with van der Waals surface area (Å²) in [6, 6.07) is 3.40. The molecule has 2 fully saturated rings. The third-order valence-corrected chi connectivity index (χ3v) is 6.23. The zero-order valence-corrected chi connectivity index (χ0v) is 16.7. The summed E-state index contributed by atoms with van der Waals surface area (Å²) in [6.07, 6.45) is 3.45. The molecule has 1 saturated carbocycles. The quantitative estimate of drug-likeness (QED) is 0.702. The lowest BCUT2D eigenvalue weighted by atomic mass is 9.67. The molecule has 3 N–H and O–H groups in total. The molecule has 4 rings (SSSR count). The van der Waals surface area contributed by atoms with Gasteiger partial charge in [-0.2, -0.15) is 0 Å². The molecule has 1 amide bonds. The fraction of sp³-hybridized carbons (Fsp3) is 0.632. The number of hydrogen-bond donors (Lipinski definition) is 3. The van der Waals surface area contributed by atoms with E-state index in [0.717, 1.165) is 32.4 Å². The van der Waals surface area contributed by atoms with E-state index in [1.54, 1.807) is 12.1 Å². The Labute approximate surface area is 170 Å². The highest BCUT2D eigenvalue weighted by Gasteiger charge is 2.49. The van der Waals surface area contributed by atoms with Crippen LogP contribution >= 0.6 is 24.0 Å². The summed E-state index contributed by atoms with van der Waals surface area (Å²) in [5, 5.41) is 17.3. The van der Waals surface area contributed by atoms with Gasteiger partial charge in [0.1, 0.15) is 13.2 Å². The first kappa shape index (κ1) is 20.5. The number of benzene rings is 1. The van der Waals surface area contributed by atoms with Gasteiger partial charge in [0.05, 0.1) is 16.5 Å². The van der Waals surface area contributed by atoms with E-state index in [-0.39, 0.29) is 30.3 Å². The first-order valence-electron chi connectivity index (χ1n) is 9.36. The van der Waals surface area contributed by atoms with Crippen LogP contribution in [0.15, 0.2) is 12.1 Å². The molecule has 0 spiro atoms. The van der Waals surface area contributed by atoms with Crippen LogP contribution in [0.4, 0.5) is 0 Å². The fourth-order valence-corrected chi connectivity index (χ4v) is 4.77. The molecule has 1 saturated heterocycles. The van der Waals surface area contributed by atoms with Crippen molar-refractivity contribution in [1.29, 1.82) is 0 Å². The SMILES string of the molecule is Cl.O=C(NCC(O)c1cc(Cl)c2c(c1)OCCO2)[C@@]12CCCC[C@H]1CNC2. The lowest BCUT2D eigenvalue weighted by Crippen LogP contribution is -2.48. The number of aliphatic hydroxyl groups excluding tert-OH is 1. The summed E-state index contributed by atoms with van der Waals surface area (Å²) in [6.45, 7) is 2.71. The van der Waals surface area contributed by atoms with E-state index < -0.39 is 6.10 Å². The second-order valence-corrected chi connectivity index (χ2v) is 7.89. The molecule has 3 aliphatic rings. The van der Waals surface area contributed by atoms with E-state index in [4.69, 9.17) is 21.1 Å². The van der Waals surface area contributed by atoms with Gasteiger partial charge >= 0.3 is 0 Å². The topological polar surface area (TPSA) is 79.8 Å². The summed E-state index contributed by atoms with van der Waals surface area (Å²) in [7, 11) is 0. The Morgan fingerprint density at radius 1 is 1.37 bits per heavy atom. The van der Waals surface area contributed by atoms with Gasteiger partial charge in [-0.25, -0.2) is 0 Å². The summed E-state index contributed by atoms with van der Waals surface area (Å²) in [5.74, 6) is 1.50. The smallest absolute Gasteiger partial charge is 0.227 e. The molecule has 8 heteroatoms. The zero-order valence-electron chi connectivity index (χ0n) is 15.1. The van der Waals surface area contributed by atoms with Crippen LogP contribution in [-0.2, 0) is 4.79 Å². The Morgan fingerprint density at radius 3 is 3.04 bits per heavy atom. The van der Waals surface area contributed by atoms with Gasteiger partial charge in [0.25, 0.3) is 0 Å². The first-order valence-corrected chi connectivity index (χ1v) is 9.74. The van der Waals surface area contributed by atoms with E-state index in [9.17, 15) is 9.90 Å². The van der Waals surface area contributed by atoms with Crippen LogP contribution in [0, 0.1) is 11.3 Å². The van der Waals surface area contributed by atoms with Crippen LogP contribution in [0.3, 0.4) is 0 Å². The van der Waals surface area contributed by atoms with E-state index >= 15 is 0 Å². The minimum absolute atomic E-state index is 0. The summed E-state index contributed by atoms with van der Waals surface area (Å²) >= 11 is 6.24. The molecule has 1 aromatic carbocycles. The van der Waals surface area contributed by atoms with E-state index in [1.165, 1.54) is 6.42 Å². The number of aliphatic hydroxyl groups is 1. The van der Waals surface area contributed by atoms with Gasteiger partial charge in [-0.05, 0) is 43.0 Å². The van der Waals surface area contributed by atoms with Crippen LogP contribution < -0.4 is 20.1 Å². The Balaban J connectivity index is 0.00000210. The van der Waals surface area contributed by atoms with Gasteiger partial charge < -0.3 is 25.2 Å². The van der Waals surface area contributed by atoms with Crippen LogP contribution in [0.5, 0.6) is 11.5 Å². The predicted molar refractivity (Wildman–Crippen MR) is 105 cm³/mol. The highest BCUT2D eigenvalue weighted by molar-refractivity contribution is 6.32. The van der Waals surface area contributed by atoms with E-state index in [2.05, 4.69) is 10.6 Å². The molecule has 27 heavy (non-hydrogen) atoms. The molecule has 2 aliphatic heterocycles. The first-order chi connectivity index (χ1) is 12.6. The molecule has 0 radical (unpaired) electrons. The molecule has 0 aromatic heterocycles. The lowest BCUT2D eigenvalue weighted by Gasteiger charge is -2.37. The van der Waals surface area contributed by atoms with Crippen LogP contribution in [0.1, 0.15) is 37.4 Å². The van der Waals surface area contributed by atoms with Crippen molar-refractivity contribution >= 4 is 29.9 Å². The van der Waals surface area contributed by atoms with Gasteiger partial charge in [-0.3, -0.25) is 4.79 Å². The summed E-state index contributed by atoms with van der Waals surface area (Å²) < 4.78 is 11.1. The van der Waals surface area contributed by atoms with Crippen molar-refractivity contribution in [3.63, 3.8) is 0 Å². The second-order valence-electron chi connectivity index (χ2n) is 7.48. The van der Waals surface area contributed by atoms with Crippen molar-refractivity contribution < 1.29 is 19.4 Å². The Morgan fingerprint density at radius 2 is 2.19 bits per heavy atom. The van der Waals surface area contributed by atoms with Gasteiger partial charge in [0.15, 0.2) is 11.5 Å². The zero-order chi connectivity index (χ0) is 18.1. The van der Waals surface area contributed by atoms with Crippen molar-refractivity contribution in [3.8, 4) is 11.5 Å². The number of fused-ring (bicyclic) bond motifs is 2. The van der Waals surface area contributed by atoms with Crippen LogP contribution in [0.2, 0.25) is 5.02 Å². The van der Waals surface area contributed by atoms with Crippen molar-refractivity contribution in [2.24, 2.45) is 11.3 Å². The lowest BCUT2D eigenvalue weighted by molar-refractivity contribution is -0.134. The number of rotatable bonds is 4. The summed E-state index contributed by atoms with van der Waals surface area (Å²) in [4.78, 5) is 12.9. The third kappa shape index (κ3) is 3.86. The highest BCUT2D eigenvalue weighted by atomic mass is 35.5. The van der Waals surface area contributed by atoms with E-state index in [0.29, 0.717) is 41.2 Å². The van der Waals surface area contributed by atoms with Crippen LogP contribution in [0.25, 0.3) is 0 Å². The number of amides is 1. The average molecular weight is 417 g/mol. The summed E-state index contributed by atoms with van der Waals surface area (Å²) in [5.41, 5.74) is 0.296. The predicted octanol–water partition coefficient (Wildman–Crippen LogP) is 2.46. The standard InChI is InChI=1S/C19H25ClN2O4.ClH/c20-14-7-12(8-16-17(14)26-6-5-25-16)15(23)10-22-18(24)19-4-2-1-3-13(19)9-21-11-19;/h7-8,13,15,21,23H,1-6,9-11H2,(H,22,24);1H/t13-,15?,19+;/m0./s1. The highest BCUT2D eigenvalue weighted by Crippen LogP contribution is 2.44. The molecule has 1 aliphatic carbocycles. The minimum atomic E-state index is -0.847. The number of halogens is 2. The molecular formula is C19H26Cl2N2O4. The number of hydrogen-bond acceptors (Lipinski definition) is 5. The van der Waals surface area contributed by atoms with Crippen molar-refractivity contribution in [3.05, 3.63) is 22.7 Å². The molecule has 150 valence electrons. The molecular weight excluding hydrogens is 391 g/mol. The fourth-order valence-electron chi connectivity index (χ4n) is 4.50. The van der Waals surface area contributed by atoms with Gasteiger partial charge in [-0.15, -0.1) is 12.4 Å². The molecule has 3 atom stereocenters. The molecule has 1 unspecified atom stereocenters. The third-order valence-electron chi connectivity index (χ3n) is 5.95. The Kier molecular flexibility index (Phi) is 6.41. The van der Waals surface area contributed by atoms with Crippen LogP contribution in [-0.4, -0.2) is 43.9 Å².